The highest BCUT2D eigenvalue weighted by molar-refractivity contribution is 5.83. The molecule has 0 aliphatic carbocycles. The summed E-state index contributed by atoms with van der Waals surface area (Å²) < 4.78 is 10.9. The molecule has 0 spiro atoms. The van der Waals surface area contributed by atoms with Gasteiger partial charge in [0.05, 0.1) is 23.8 Å². The van der Waals surface area contributed by atoms with Crippen LogP contribution >= 0.6 is 0 Å². The Morgan fingerprint density at radius 3 is 2.75 bits per heavy atom. The van der Waals surface area contributed by atoms with Gasteiger partial charge in [-0.25, -0.2) is 0 Å². The lowest BCUT2D eigenvalue weighted by atomic mass is 10.1. The zero-order valence-electron chi connectivity index (χ0n) is 11.2. The fraction of sp³-hybridized carbons (Fsp3) is 0.125. The van der Waals surface area contributed by atoms with Crippen LogP contribution in [-0.4, -0.2) is 12.1 Å². The molecule has 20 heavy (non-hydrogen) atoms. The van der Waals surface area contributed by atoms with Crippen LogP contribution in [0.2, 0.25) is 0 Å². The summed E-state index contributed by atoms with van der Waals surface area (Å²) in [5.41, 5.74) is 1.57. The van der Waals surface area contributed by atoms with Gasteiger partial charge in [-0.3, -0.25) is 9.78 Å². The minimum atomic E-state index is -0.0786. The first-order valence-corrected chi connectivity index (χ1v) is 6.23. The van der Waals surface area contributed by atoms with Crippen LogP contribution < -0.4 is 10.2 Å². The van der Waals surface area contributed by atoms with Gasteiger partial charge in [0.15, 0.2) is 0 Å². The zero-order chi connectivity index (χ0) is 14.1. The van der Waals surface area contributed by atoms with Gasteiger partial charge < -0.3 is 9.15 Å². The average Bonchev–Trinajstić information content (AvgIpc) is 2.47. The minimum Gasteiger partial charge on any atom is -0.497 e. The number of benzene rings is 1. The molecule has 4 nitrogen and oxygen atoms in total. The Labute approximate surface area is 115 Å². The molecule has 2 heterocycles. The number of methoxy groups -OCH3 is 1. The number of hydrogen-bond acceptors (Lipinski definition) is 4. The summed E-state index contributed by atoms with van der Waals surface area (Å²) in [5.74, 6) is 1.21. The molecule has 3 aromatic rings. The molecule has 0 atom stereocenters. The molecule has 100 valence electrons. The third kappa shape index (κ3) is 1.95. The fourth-order valence-corrected chi connectivity index (χ4v) is 2.22. The molecule has 0 N–H and O–H groups in total. The predicted molar refractivity (Wildman–Crippen MR) is 77.0 cm³/mol. The topological polar surface area (TPSA) is 52.3 Å². The number of hydrogen-bond donors (Lipinski definition) is 0. The summed E-state index contributed by atoms with van der Waals surface area (Å²) in [6, 6.07) is 10.6. The molecule has 0 fully saturated rings. The number of ether oxygens (including phenoxy) is 1. The highest BCUT2D eigenvalue weighted by Crippen LogP contribution is 2.24. The molecule has 2 aromatic heterocycles. The number of nitrogens with zero attached hydrogens (tertiary/aromatic N) is 1. The van der Waals surface area contributed by atoms with Crippen LogP contribution in [0, 0.1) is 6.92 Å². The fourth-order valence-electron chi connectivity index (χ4n) is 2.22. The summed E-state index contributed by atoms with van der Waals surface area (Å²) in [6.07, 6.45) is 1.66. The Bertz CT molecular complexity index is 822. The summed E-state index contributed by atoms with van der Waals surface area (Å²) in [5, 5.41) is 0.525. The number of fused-ring (bicyclic) bond motifs is 1. The lowest BCUT2D eigenvalue weighted by molar-refractivity contribution is 0.414. The molecule has 0 aliphatic rings. The van der Waals surface area contributed by atoms with E-state index in [-0.39, 0.29) is 5.43 Å². The summed E-state index contributed by atoms with van der Waals surface area (Å²) in [6.45, 7) is 1.77. The van der Waals surface area contributed by atoms with Gasteiger partial charge in [0.25, 0.3) is 0 Å². The molecule has 0 saturated heterocycles. The standard InChI is InChI=1S/C16H13NO3/c1-10-15(13-5-3-4-8-17-13)16(18)12-7-6-11(19-2)9-14(12)20-10/h3-9H,1-2H3. The van der Waals surface area contributed by atoms with Gasteiger partial charge in [-0.15, -0.1) is 0 Å². The van der Waals surface area contributed by atoms with Crippen LogP contribution in [0.5, 0.6) is 5.75 Å². The van der Waals surface area contributed by atoms with Gasteiger partial charge in [-0.05, 0) is 31.2 Å². The van der Waals surface area contributed by atoms with E-state index in [1.54, 1.807) is 44.5 Å². The largest absolute Gasteiger partial charge is 0.497 e. The van der Waals surface area contributed by atoms with Crippen LogP contribution in [0.1, 0.15) is 5.76 Å². The van der Waals surface area contributed by atoms with Crippen molar-refractivity contribution < 1.29 is 9.15 Å². The number of pyridine rings is 1. The third-order valence-corrected chi connectivity index (χ3v) is 3.20. The monoisotopic (exact) mass is 267 g/mol. The highest BCUT2D eigenvalue weighted by atomic mass is 16.5. The second-order valence-electron chi connectivity index (χ2n) is 4.44. The van der Waals surface area contributed by atoms with Crippen LogP contribution in [0.15, 0.2) is 51.8 Å². The third-order valence-electron chi connectivity index (χ3n) is 3.20. The Balaban J connectivity index is 2.33. The summed E-state index contributed by atoms with van der Waals surface area (Å²) >= 11 is 0. The molecule has 0 bridgehead atoms. The van der Waals surface area contributed by atoms with E-state index in [0.717, 1.165) is 0 Å². The Morgan fingerprint density at radius 1 is 1.20 bits per heavy atom. The molecule has 4 heteroatoms. The van der Waals surface area contributed by atoms with Crippen molar-refractivity contribution in [2.75, 3.05) is 7.11 Å². The van der Waals surface area contributed by atoms with E-state index in [4.69, 9.17) is 9.15 Å². The lowest BCUT2D eigenvalue weighted by Crippen LogP contribution is -2.08. The summed E-state index contributed by atoms with van der Waals surface area (Å²) in [4.78, 5) is 16.8. The van der Waals surface area contributed by atoms with Crippen molar-refractivity contribution in [2.45, 2.75) is 6.92 Å². The van der Waals surface area contributed by atoms with E-state index < -0.39 is 0 Å². The summed E-state index contributed by atoms with van der Waals surface area (Å²) in [7, 11) is 1.58. The van der Waals surface area contributed by atoms with Crippen molar-refractivity contribution in [3.8, 4) is 17.0 Å². The molecular formula is C16H13NO3. The first-order chi connectivity index (χ1) is 9.70. The van der Waals surface area contributed by atoms with Crippen molar-refractivity contribution in [1.29, 1.82) is 0 Å². The minimum absolute atomic E-state index is 0.0786. The maximum absolute atomic E-state index is 12.6. The van der Waals surface area contributed by atoms with E-state index in [1.165, 1.54) is 0 Å². The Kier molecular flexibility index (Phi) is 2.99. The van der Waals surface area contributed by atoms with Gasteiger partial charge in [-0.1, -0.05) is 6.07 Å². The van der Waals surface area contributed by atoms with Crippen LogP contribution in [-0.2, 0) is 0 Å². The first kappa shape index (κ1) is 12.4. The van der Waals surface area contributed by atoms with Crippen molar-refractivity contribution >= 4 is 11.0 Å². The number of rotatable bonds is 2. The van der Waals surface area contributed by atoms with E-state index in [9.17, 15) is 4.79 Å². The molecule has 0 amide bonds. The average molecular weight is 267 g/mol. The molecule has 0 radical (unpaired) electrons. The first-order valence-electron chi connectivity index (χ1n) is 6.23. The van der Waals surface area contributed by atoms with Crippen LogP contribution in [0.25, 0.3) is 22.2 Å². The zero-order valence-corrected chi connectivity index (χ0v) is 11.2. The van der Waals surface area contributed by atoms with Crippen LogP contribution in [0.3, 0.4) is 0 Å². The molecule has 1 aromatic carbocycles. The Morgan fingerprint density at radius 2 is 2.05 bits per heavy atom. The van der Waals surface area contributed by atoms with Crippen LogP contribution in [0.4, 0.5) is 0 Å². The predicted octanol–water partition coefficient (Wildman–Crippen LogP) is 3.17. The van der Waals surface area contributed by atoms with Gasteiger partial charge >= 0.3 is 0 Å². The second kappa shape index (κ2) is 4.81. The SMILES string of the molecule is COc1ccc2c(=O)c(-c3ccccn3)c(C)oc2c1. The van der Waals surface area contributed by atoms with Crippen molar-refractivity contribution in [3.05, 3.63) is 58.6 Å². The van der Waals surface area contributed by atoms with Gasteiger partial charge in [0, 0.05) is 12.3 Å². The van der Waals surface area contributed by atoms with Crippen molar-refractivity contribution in [1.82, 2.24) is 4.98 Å². The normalized spacial score (nSPS) is 10.7. The number of aryl methyl sites for hydroxylation is 1. The van der Waals surface area contributed by atoms with Crippen molar-refractivity contribution in [3.63, 3.8) is 0 Å². The second-order valence-corrected chi connectivity index (χ2v) is 4.44. The van der Waals surface area contributed by atoms with Gasteiger partial charge in [0.2, 0.25) is 5.43 Å². The van der Waals surface area contributed by atoms with Crippen molar-refractivity contribution in [2.24, 2.45) is 0 Å². The smallest absolute Gasteiger partial charge is 0.202 e. The molecule has 0 unspecified atom stereocenters. The Hall–Kier alpha value is -2.62. The van der Waals surface area contributed by atoms with E-state index in [1.807, 2.05) is 12.1 Å². The lowest BCUT2D eigenvalue weighted by Gasteiger charge is -2.07. The molecular weight excluding hydrogens is 254 g/mol. The number of aromatic nitrogens is 1. The molecule has 0 aliphatic heterocycles. The van der Waals surface area contributed by atoms with Gasteiger partial charge in [-0.2, -0.15) is 0 Å². The maximum Gasteiger partial charge on any atom is 0.202 e. The van der Waals surface area contributed by atoms with E-state index >= 15 is 0 Å². The highest BCUT2D eigenvalue weighted by Gasteiger charge is 2.14. The van der Waals surface area contributed by atoms with E-state index in [0.29, 0.717) is 33.7 Å². The quantitative estimate of drug-likeness (QED) is 0.715. The van der Waals surface area contributed by atoms with Gasteiger partial charge in [0.1, 0.15) is 17.1 Å². The molecule has 3 rings (SSSR count). The maximum atomic E-state index is 12.6. The molecule has 0 saturated carbocycles. The van der Waals surface area contributed by atoms with E-state index in [2.05, 4.69) is 4.98 Å².